The Bertz CT molecular complexity index is 1030. The predicted octanol–water partition coefficient (Wildman–Crippen LogP) is 5.25. The molecule has 0 spiro atoms. The summed E-state index contributed by atoms with van der Waals surface area (Å²) < 4.78 is 6.38. The van der Waals surface area contributed by atoms with Gasteiger partial charge in [0.25, 0.3) is 0 Å². The maximum atomic E-state index is 6.38. The van der Waals surface area contributed by atoms with Crippen molar-refractivity contribution < 1.29 is 4.74 Å². The van der Waals surface area contributed by atoms with Gasteiger partial charge in [0, 0.05) is 22.6 Å². The highest BCUT2D eigenvalue weighted by Crippen LogP contribution is 2.40. The highest BCUT2D eigenvalue weighted by atomic mass is 32.2. The lowest BCUT2D eigenvalue weighted by Gasteiger charge is -2.23. The summed E-state index contributed by atoms with van der Waals surface area (Å²) in [6, 6.07) is 12.4. The summed E-state index contributed by atoms with van der Waals surface area (Å²) in [6.45, 7) is 10.1. The SMILES string of the molecule is C=CCSc1nnc2c(n1)OC(c1c(C)cc(C)cc1C)Nc1ccccc1-2. The molecule has 6 heteroatoms. The van der Waals surface area contributed by atoms with Crippen molar-refractivity contribution in [3.8, 4) is 17.1 Å². The number of thioether (sulfide) groups is 1. The highest BCUT2D eigenvalue weighted by Gasteiger charge is 2.27. The number of aryl methyl sites for hydroxylation is 3. The van der Waals surface area contributed by atoms with E-state index in [1.165, 1.54) is 28.5 Å². The summed E-state index contributed by atoms with van der Waals surface area (Å²) in [7, 11) is 0. The number of ether oxygens (including phenoxy) is 1. The first-order valence-electron chi connectivity index (χ1n) is 9.15. The van der Waals surface area contributed by atoms with Crippen LogP contribution in [0.4, 0.5) is 5.69 Å². The lowest BCUT2D eigenvalue weighted by molar-refractivity contribution is 0.224. The first-order valence-corrected chi connectivity index (χ1v) is 10.1. The van der Waals surface area contributed by atoms with Crippen LogP contribution in [0.1, 0.15) is 28.5 Å². The summed E-state index contributed by atoms with van der Waals surface area (Å²) in [5.74, 6) is 1.21. The Labute approximate surface area is 169 Å². The minimum Gasteiger partial charge on any atom is -0.448 e. The van der Waals surface area contributed by atoms with Gasteiger partial charge in [0.2, 0.25) is 11.0 Å². The molecule has 1 aromatic heterocycles. The molecule has 3 aromatic rings. The molecule has 0 aliphatic carbocycles. The number of nitrogens with zero attached hydrogens (tertiary/aromatic N) is 3. The van der Waals surface area contributed by atoms with Crippen molar-refractivity contribution in [2.75, 3.05) is 11.1 Å². The van der Waals surface area contributed by atoms with Crippen molar-refractivity contribution in [1.29, 1.82) is 0 Å². The smallest absolute Gasteiger partial charge is 0.247 e. The van der Waals surface area contributed by atoms with Crippen LogP contribution in [-0.4, -0.2) is 20.9 Å². The second kappa shape index (κ2) is 7.64. The van der Waals surface area contributed by atoms with E-state index in [9.17, 15) is 0 Å². The monoisotopic (exact) mass is 390 g/mol. The van der Waals surface area contributed by atoms with Crippen LogP contribution in [0.5, 0.6) is 5.88 Å². The van der Waals surface area contributed by atoms with Crippen molar-refractivity contribution in [3.05, 3.63) is 71.3 Å². The van der Waals surface area contributed by atoms with Gasteiger partial charge in [-0.05, 0) is 38.0 Å². The molecule has 4 rings (SSSR count). The number of rotatable bonds is 4. The summed E-state index contributed by atoms with van der Waals surface area (Å²) in [5, 5.41) is 12.8. The summed E-state index contributed by atoms with van der Waals surface area (Å²) in [6.07, 6.45) is 1.45. The zero-order valence-electron chi connectivity index (χ0n) is 16.2. The summed E-state index contributed by atoms with van der Waals surface area (Å²) in [5.41, 5.74) is 7.25. The first-order chi connectivity index (χ1) is 13.6. The number of para-hydroxylation sites is 1. The fourth-order valence-electron chi connectivity index (χ4n) is 3.58. The van der Waals surface area contributed by atoms with E-state index in [4.69, 9.17) is 4.74 Å². The third kappa shape index (κ3) is 3.47. The van der Waals surface area contributed by atoms with Gasteiger partial charge in [0.15, 0.2) is 11.9 Å². The number of hydrogen-bond acceptors (Lipinski definition) is 6. The van der Waals surface area contributed by atoms with E-state index in [2.05, 4.69) is 60.0 Å². The third-order valence-electron chi connectivity index (χ3n) is 4.66. The van der Waals surface area contributed by atoms with Crippen molar-refractivity contribution in [2.45, 2.75) is 32.2 Å². The molecule has 0 fully saturated rings. The Morgan fingerprint density at radius 1 is 1.14 bits per heavy atom. The van der Waals surface area contributed by atoms with Crippen molar-refractivity contribution in [1.82, 2.24) is 15.2 Å². The van der Waals surface area contributed by atoms with Crippen LogP contribution in [-0.2, 0) is 0 Å². The predicted molar refractivity (Wildman–Crippen MR) is 114 cm³/mol. The van der Waals surface area contributed by atoms with Crippen LogP contribution in [0.2, 0.25) is 0 Å². The quantitative estimate of drug-likeness (QED) is 0.485. The third-order valence-corrected chi connectivity index (χ3v) is 5.50. The molecule has 1 atom stereocenters. The van der Waals surface area contributed by atoms with Gasteiger partial charge < -0.3 is 10.1 Å². The van der Waals surface area contributed by atoms with Gasteiger partial charge in [-0.15, -0.1) is 16.8 Å². The van der Waals surface area contributed by atoms with Crippen molar-refractivity contribution in [3.63, 3.8) is 0 Å². The highest BCUT2D eigenvalue weighted by molar-refractivity contribution is 7.99. The largest absolute Gasteiger partial charge is 0.448 e. The van der Waals surface area contributed by atoms with Crippen molar-refractivity contribution >= 4 is 17.4 Å². The molecule has 1 N–H and O–H groups in total. The molecule has 0 saturated heterocycles. The van der Waals surface area contributed by atoms with E-state index in [1.807, 2.05) is 30.3 Å². The fraction of sp³-hybridized carbons (Fsp3) is 0.227. The molecular formula is C22H22N4OS. The van der Waals surface area contributed by atoms with Crippen LogP contribution in [0.3, 0.4) is 0 Å². The van der Waals surface area contributed by atoms with E-state index in [-0.39, 0.29) is 6.23 Å². The van der Waals surface area contributed by atoms with E-state index in [0.717, 1.165) is 22.6 Å². The molecule has 2 heterocycles. The summed E-state index contributed by atoms with van der Waals surface area (Å²) >= 11 is 1.48. The average Bonchev–Trinajstić information content (AvgIpc) is 2.81. The van der Waals surface area contributed by atoms with E-state index < -0.39 is 0 Å². The summed E-state index contributed by atoms with van der Waals surface area (Å²) in [4.78, 5) is 4.64. The minimum atomic E-state index is -0.364. The first kappa shape index (κ1) is 18.5. The maximum absolute atomic E-state index is 6.38. The van der Waals surface area contributed by atoms with Gasteiger partial charge >= 0.3 is 0 Å². The molecule has 142 valence electrons. The lowest BCUT2D eigenvalue weighted by atomic mass is 9.98. The van der Waals surface area contributed by atoms with Gasteiger partial charge in [0.05, 0.1) is 0 Å². The lowest BCUT2D eigenvalue weighted by Crippen LogP contribution is -2.19. The van der Waals surface area contributed by atoms with Crippen molar-refractivity contribution in [2.24, 2.45) is 0 Å². The molecule has 5 nitrogen and oxygen atoms in total. The Hall–Kier alpha value is -2.86. The number of nitrogens with one attached hydrogen (secondary N) is 1. The Balaban J connectivity index is 1.85. The molecule has 0 bridgehead atoms. The minimum absolute atomic E-state index is 0.364. The van der Waals surface area contributed by atoms with Crippen LogP contribution >= 0.6 is 11.8 Å². The maximum Gasteiger partial charge on any atom is 0.247 e. The number of aromatic nitrogens is 3. The topological polar surface area (TPSA) is 59.9 Å². The van der Waals surface area contributed by atoms with Gasteiger partial charge in [0.1, 0.15) is 0 Å². The molecular weight excluding hydrogens is 368 g/mol. The molecule has 2 aromatic carbocycles. The Morgan fingerprint density at radius 3 is 2.64 bits per heavy atom. The van der Waals surface area contributed by atoms with Gasteiger partial charge in [-0.1, -0.05) is 53.7 Å². The normalized spacial score (nSPS) is 14.9. The van der Waals surface area contributed by atoms with Crippen LogP contribution in [0.25, 0.3) is 11.3 Å². The molecule has 1 aliphatic heterocycles. The van der Waals surface area contributed by atoms with E-state index in [1.54, 1.807) is 0 Å². The van der Waals surface area contributed by atoms with Gasteiger partial charge in [-0.25, -0.2) is 0 Å². The molecule has 28 heavy (non-hydrogen) atoms. The number of anilines is 1. The van der Waals surface area contributed by atoms with Gasteiger partial charge in [-0.2, -0.15) is 4.98 Å². The van der Waals surface area contributed by atoms with E-state index >= 15 is 0 Å². The average molecular weight is 391 g/mol. The second-order valence-corrected chi connectivity index (χ2v) is 7.84. The standard InChI is InChI=1S/C22H22N4OS/c1-5-10-28-22-24-21-19(25-26-22)16-8-6-7-9-17(16)23-20(27-21)18-14(3)11-13(2)12-15(18)4/h5-9,11-12,20,23H,1,10H2,2-4H3. The zero-order valence-corrected chi connectivity index (χ0v) is 17.0. The fourth-order valence-corrected chi connectivity index (χ4v) is 4.09. The molecule has 1 aliphatic rings. The Morgan fingerprint density at radius 2 is 1.89 bits per heavy atom. The van der Waals surface area contributed by atoms with Crippen LogP contribution in [0, 0.1) is 20.8 Å². The number of benzene rings is 2. The van der Waals surface area contributed by atoms with E-state index in [0.29, 0.717) is 16.7 Å². The second-order valence-electron chi connectivity index (χ2n) is 6.85. The molecule has 1 unspecified atom stereocenters. The zero-order chi connectivity index (χ0) is 19.7. The molecule has 0 radical (unpaired) electrons. The Kier molecular flexibility index (Phi) is 5.05. The van der Waals surface area contributed by atoms with Gasteiger partial charge in [-0.3, -0.25) is 0 Å². The van der Waals surface area contributed by atoms with Crippen LogP contribution in [0.15, 0.2) is 54.2 Å². The molecule has 0 amide bonds. The number of hydrogen-bond donors (Lipinski definition) is 1. The van der Waals surface area contributed by atoms with Crippen LogP contribution < -0.4 is 10.1 Å². The number of fused-ring (bicyclic) bond motifs is 3. The molecule has 0 saturated carbocycles.